The van der Waals surface area contributed by atoms with Crippen LogP contribution in [0.15, 0.2) is 23.5 Å². The average molecular weight is 292 g/mol. The van der Waals surface area contributed by atoms with E-state index < -0.39 is 23.6 Å². The summed E-state index contributed by atoms with van der Waals surface area (Å²) >= 11 is 0. The molecular weight excluding hydrogens is 272 g/mol. The number of primary amides is 1. The third kappa shape index (κ3) is 2.99. The quantitative estimate of drug-likeness (QED) is 0.582. The molecule has 0 spiro atoms. The Labute approximate surface area is 123 Å². The molecule has 2 amide bonds. The number of nitrogens with two attached hydrogens (primary N) is 1. The van der Waals surface area contributed by atoms with Crippen molar-refractivity contribution in [2.45, 2.75) is 39.3 Å². The molecule has 21 heavy (non-hydrogen) atoms. The molecule has 0 bridgehead atoms. The molecule has 3 atom stereocenters. The van der Waals surface area contributed by atoms with Gasteiger partial charge < -0.3 is 15.8 Å². The van der Waals surface area contributed by atoms with Crippen molar-refractivity contribution in [3.05, 3.63) is 23.5 Å². The van der Waals surface area contributed by atoms with E-state index in [4.69, 9.17) is 10.5 Å². The minimum atomic E-state index is -0.883. The minimum Gasteiger partial charge on any atom is -0.489 e. The topological polar surface area (TPSA) is 98.5 Å². The highest BCUT2D eigenvalue weighted by Crippen LogP contribution is 2.29. The van der Waals surface area contributed by atoms with Crippen molar-refractivity contribution >= 4 is 17.6 Å². The molecule has 0 saturated carbocycles. The van der Waals surface area contributed by atoms with Gasteiger partial charge in [-0.15, -0.1) is 0 Å². The third-order valence-electron chi connectivity index (χ3n) is 3.74. The molecule has 2 aliphatic rings. The van der Waals surface area contributed by atoms with Crippen LogP contribution < -0.4 is 11.1 Å². The van der Waals surface area contributed by atoms with Crippen molar-refractivity contribution < 1.29 is 19.1 Å². The van der Waals surface area contributed by atoms with Crippen molar-refractivity contribution in [2.24, 2.45) is 17.6 Å². The molecule has 0 radical (unpaired) electrons. The number of carbonyl (C=O) groups excluding carboxylic acids is 3. The number of carbonyl (C=O) groups is 3. The summed E-state index contributed by atoms with van der Waals surface area (Å²) in [6, 6.07) is -0.883. The molecule has 6 heteroatoms. The van der Waals surface area contributed by atoms with Gasteiger partial charge in [0.1, 0.15) is 23.5 Å². The van der Waals surface area contributed by atoms with Crippen LogP contribution >= 0.6 is 0 Å². The lowest BCUT2D eigenvalue weighted by Gasteiger charge is -2.30. The Morgan fingerprint density at radius 2 is 2.10 bits per heavy atom. The number of hydrogen-bond acceptors (Lipinski definition) is 4. The van der Waals surface area contributed by atoms with Gasteiger partial charge in [-0.05, 0) is 12.0 Å². The molecule has 0 aromatic heterocycles. The van der Waals surface area contributed by atoms with Crippen molar-refractivity contribution in [1.29, 1.82) is 0 Å². The first-order valence-corrected chi connectivity index (χ1v) is 7.03. The molecule has 0 unspecified atom stereocenters. The normalized spacial score (nSPS) is 32.3. The number of allylic oxidation sites excluding steroid dienone is 1. The summed E-state index contributed by atoms with van der Waals surface area (Å²) in [5, 5.41) is 2.48. The molecule has 2 heterocycles. The predicted octanol–water partition coefficient (Wildman–Crippen LogP) is 0.430. The van der Waals surface area contributed by atoms with Gasteiger partial charge in [0.05, 0.1) is 6.42 Å². The summed E-state index contributed by atoms with van der Waals surface area (Å²) in [5.41, 5.74) is 5.06. The summed E-state index contributed by atoms with van der Waals surface area (Å²) in [7, 11) is 0. The van der Waals surface area contributed by atoms with Crippen LogP contribution in [0.25, 0.3) is 0 Å². The Morgan fingerprint density at radius 1 is 1.43 bits per heavy atom. The number of ketones is 1. The number of rotatable bonds is 3. The van der Waals surface area contributed by atoms with Gasteiger partial charge in [-0.25, -0.2) is 0 Å². The Morgan fingerprint density at radius 3 is 2.67 bits per heavy atom. The molecule has 1 fully saturated rings. The zero-order chi connectivity index (χ0) is 15.7. The van der Waals surface area contributed by atoms with Gasteiger partial charge in [0, 0.05) is 5.92 Å². The van der Waals surface area contributed by atoms with Gasteiger partial charge in [0.25, 0.3) is 5.91 Å². The molecule has 2 aliphatic heterocycles. The molecule has 6 nitrogen and oxygen atoms in total. The first-order chi connectivity index (χ1) is 9.81. The lowest BCUT2D eigenvalue weighted by Crippen LogP contribution is -2.33. The smallest absolute Gasteiger partial charge is 0.259 e. The van der Waals surface area contributed by atoms with Crippen molar-refractivity contribution in [3.8, 4) is 0 Å². The van der Waals surface area contributed by atoms with Gasteiger partial charge in [0.15, 0.2) is 5.78 Å². The van der Waals surface area contributed by atoms with E-state index in [2.05, 4.69) is 5.32 Å². The fourth-order valence-electron chi connectivity index (χ4n) is 2.69. The Balaban J connectivity index is 2.31. The number of hydrogen-bond donors (Lipinski definition) is 2. The summed E-state index contributed by atoms with van der Waals surface area (Å²) in [6.45, 7) is 6.07. The molecule has 0 aromatic rings. The van der Waals surface area contributed by atoms with Crippen LogP contribution in [-0.2, 0) is 19.1 Å². The van der Waals surface area contributed by atoms with E-state index in [-0.39, 0.29) is 35.7 Å². The molecule has 0 aliphatic carbocycles. The highest BCUT2D eigenvalue weighted by atomic mass is 16.5. The number of ether oxygens (including phenoxy) is 1. The molecular formula is C15H20N2O4. The number of Topliss-reactive ketones (excluding diaryl/α,β-unsaturated/α-hetero) is 1. The number of amides is 2. The molecule has 0 aromatic carbocycles. The van der Waals surface area contributed by atoms with E-state index in [0.717, 1.165) is 0 Å². The van der Waals surface area contributed by atoms with Gasteiger partial charge >= 0.3 is 0 Å². The zero-order valence-corrected chi connectivity index (χ0v) is 12.4. The van der Waals surface area contributed by atoms with Crippen LogP contribution in [0, 0.1) is 11.8 Å². The maximum Gasteiger partial charge on any atom is 0.259 e. The van der Waals surface area contributed by atoms with Crippen LogP contribution in [0.4, 0.5) is 0 Å². The van der Waals surface area contributed by atoms with E-state index in [9.17, 15) is 14.4 Å². The van der Waals surface area contributed by atoms with E-state index in [0.29, 0.717) is 0 Å². The molecule has 1 saturated heterocycles. The fourth-order valence-corrected chi connectivity index (χ4v) is 2.69. The van der Waals surface area contributed by atoms with Gasteiger partial charge in [-0.2, -0.15) is 0 Å². The molecule has 2 rings (SSSR count). The SMILES string of the molecule is CC(C)[C@H]1O/C(=C2/C(=O)N[C@H](CC(N)=O)C2=O)C=C[C@H]1C. The Bertz CT molecular complexity index is 548. The first kappa shape index (κ1) is 15.3. The van der Waals surface area contributed by atoms with Gasteiger partial charge in [-0.3, -0.25) is 14.4 Å². The highest BCUT2D eigenvalue weighted by molar-refractivity contribution is 6.27. The predicted molar refractivity (Wildman–Crippen MR) is 75.8 cm³/mol. The Kier molecular flexibility index (Phi) is 4.16. The van der Waals surface area contributed by atoms with Crippen molar-refractivity contribution in [1.82, 2.24) is 5.32 Å². The summed E-state index contributed by atoms with van der Waals surface area (Å²) in [6.07, 6.45) is 3.30. The number of nitrogens with one attached hydrogen (secondary N) is 1. The average Bonchev–Trinajstić information content (AvgIpc) is 2.64. The lowest BCUT2D eigenvalue weighted by molar-refractivity contribution is -0.122. The van der Waals surface area contributed by atoms with Crippen LogP contribution in [0.2, 0.25) is 0 Å². The standard InChI is InChI=1S/C15H20N2O4/c1-7(2)14-8(3)4-5-10(21-14)12-13(19)9(6-11(16)18)17-15(12)20/h4-5,7-9,14H,6H2,1-3H3,(H2,16,18)(H,17,20)/b12-10+/t8-,9-,14-/m1/s1. The van der Waals surface area contributed by atoms with E-state index >= 15 is 0 Å². The van der Waals surface area contributed by atoms with Gasteiger partial charge in [0.2, 0.25) is 5.91 Å². The maximum absolute atomic E-state index is 12.2. The second-order valence-corrected chi connectivity index (χ2v) is 5.84. The minimum absolute atomic E-state index is 0.0185. The van der Waals surface area contributed by atoms with Crippen LogP contribution in [0.3, 0.4) is 0 Å². The van der Waals surface area contributed by atoms with E-state index in [1.807, 2.05) is 26.8 Å². The Hall–Kier alpha value is -2.11. The molecule has 114 valence electrons. The molecule has 3 N–H and O–H groups in total. The van der Waals surface area contributed by atoms with Crippen molar-refractivity contribution in [2.75, 3.05) is 0 Å². The lowest BCUT2D eigenvalue weighted by atomic mass is 9.91. The summed E-state index contributed by atoms with van der Waals surface area (Å²) in [5.74, 6) is -0.842. The van der Waals surface area contributed by atoms with Crippen LogP contribution in [0.1, 0.15) is 27.2 Å². The van der Waals surface area contributed by atoms with Gasteiger partial charge in [-0.1, -0.05) is 26.8 Å². The first-order valence-electron chi connectivity index (χ1n) is 7.03. The largest absolute Gasteiger partial charge is 0.489 e. The second kappa shape index (κ2) is 5.71. The monoisotopic (exact) mass is 292 g/mol. The van der Waals surface area contributed by atoms with E-state index in [1.165, 1.54) is 0 Å². The summed E-state index contributed by atoms with van der Waals surface area (Å²) < 4.78 is 5.83. The third-order valence-corrected chi connectivity index (χ3v) is 3.74. The van der Waals surface area contributed by atoms with Crippen molar-refractivity contribution in [3.63, 3.8) is 0 Å². The van der Waals surface area contributed by atoms with E-state index in [1.54, 1.807) is 6.08 Å². The zero-order valence-electron chi connectivity index (χ0n) is 12.4. The van der Waals surface area contributed by atoms with Crippen LogP contribution in [-0.4, -0.2) is 29.7 Å². The summed E-state index contributed by atoms with van der Waals surface area (Å²) in [4.78, 5) is 35.2. The van der Waals surface area contributed by atoms with Crippen LogP contribution in [0.5, 0.6) is 0 Å². The highest BCUT2D eigenvalue weighted by Gasteiger charge is 2.40. The fraction of sp³-hybridized carbons (Fsp3) is 0.533. The maximum atomic E-state index is 12.2. The second-order valence-electron chi connectivity index (χ2n) is 5.84.